The third-order valence-electron chi connectivity index (χ3n) is 4.14. The molecule has 2 aliphatic rings. The Labute approximate surface area is 122 Å². The first-order chi connectivity index (χ1) is 9.45. The van der Waals surface area contributed by atoms with Crippen LogP contribution in [-0.2, 0) is 9.47 Å². The zero-order valence-electron chi connectivity index (χ0n) is 13.0. The first-order valence-corrected chi connectivity index (χ1v) is 7.78. The molecule has 1 unspecified atom stereocenters. The summed E-state index contributed by atoms with van der Waals surface area (Å²) in [5, 5.41) is 10.1. The van der Waals surface area contributed by atoms with Crippen molar-refractivity contribution in [3.05, 3.63) is 23.8 Å². The molecule has 20 heavy (non-hydrogen) atoms. The minimum Gasteiger partial charge on any atom is -0.389 e. The Morgan fingerprint density at radius 2 is 2.05 bits per heavy atom. The predicted molar refractivity (Wildman–Crippen MR) is 80.4 cm³/mol. The summed E-state index contributed by atoms with van der Waals surface area (Å²) in [5.41, 5.74) is 1.15. The maximum absolute atomic E-state index is 10.1. The third-order valence-corrected chi connectivity index (χ3v) is 4.14. The Morgan fingerprint density at radius 1 is 1.35 bits per heavy atom. The molecule has 3 heteroatoms. The molecule has 0 aromatic carbocycles. The second kappa shape index (κ2) is 6.42. The fourth-order valence-corrected chi connectivity index (χ4v) is 2.94. The molecule has 1 spiro atoms. The van der Waals surface area contributed by atoms with Crippen LogP contribution in [-0.4, -0.2) is 30.2 Å². The molecule has 1 aliphatic heterocycles. The maximum Gasteiger partial charge on any atom is 0.162 e. The van der Waals surface area contributed by atoms with E-state index >= 15 is 0 Å². The van der Waals surface area contributed by atoms with Gasteiger partial charge in [-0.1, -0.05) is 38.0 Å². The summed E-state index contributed by atoms with van der Waals surface area (Å²) in [7, 11) is 0. The van der Waals surface area contributed by atoms with Gasteiger partial charge in [0.15, 0.2) is 5.79 Å². The van der Waals surface area contributed by atoms with Crippen LogP contribution in [0.25, 0.3) is 0 Å². The molecule has 1 heterocycles. The lowest BCUT2D eigenvalue weighted by molar-refractivity contribution is -0.289. The number of hydrogen-bond acceptors (Lipinski definition) is 3. The minimum absolute atomic E-state index is 0.0614. The van der Waals surface area contributed by atoms with E-state index in [4.69, 9.17) is 9.47 Å². The molecule has 2 rings (SSSR count). The number of rotatable bonds is 4. The molecule has 0 amide bonds. The molecule has 3 nitrogen and oxygen atoms in total. The van der Waals surface area contributed by atoms with E-state index < -0.39 is 5.79 Å². The first kappa shape index (κ1) is 15.7. The molecule has 0 aromatic rings. The van der Waals surface area contributed by atoms with Gasteiger partial charge in [0, 0.05) is 5.41 Å². The highest BCUT2D eigenvalue weighted by atomic mass is 16.7. The van der Waals surface area contributed by atoms with Gasteiger partial charge in [0.2, 0.25) is 0 Å². The lowest BCUT2D eigenvalue weighted by Gasteiger charge is -2.46. The molecule has 1 atom stereocenters. The zero-order valence-corrected chi connectivity index (χ0v) is 13.0. The summed E-state index contributed by atoms with van der Waals surface area (Å²) >= 11 is 0. The van der Waals surface area contributed by atoms with Gasteiger partial charge < -0.3 is 14.6 Å². The average Bonchev–Trinajstić information content (AvgIpc) is 2.38. The molecule has 0 aromatic heterocycles. The normalized spacial score (nSPS) is 28.8. The summed E-state index contributed by atoms with van der Waals surface area (Å²) in [6.45, 7) is 7.42. The zero-order chi connectivity index (χ0) is 14.6. The van der Waals surface area contributed by atoms with Crippen LogP contribution in [0.4, 0.5) is 0 Å². The standard InChI is InChI=1S/C17H28O3/c1-4-5-6-7-8-14-9-15(18)11-17(10-14)12-19-16(2,3)20-13-17/h7-9,15,18H,4-6,10-13H2,1-3H3/b8-7+. The second-order valence-corrected chi connectivity index (χ2v) is 6.71. The van der Waals surface area contributed by atoms with Crippen molar-refractivity contribution in [2.24, 2.45) is 5.41 Å². The molecule has 114 valence electrons. The Bertz CT molecular complexity index is 372. The SMILES string of the molecule is CCCC/C=C/C1=CC(O)CC2(COC(C)(C)OC2)C1. The lowest BCUT2D eigenvalue weighted by Crippen LogP contribution is -2.49. The highest BCUT2D eigenvalue weighted by Gasteiger charge is 2.43. The summed E-state index contributed by atoms with van der Waals surface area (Å²) in [4.78, 5) is 0. The molecule has 1 aliphatic carbocycles. The minimum atomic E-state index is -0.492. The van der Waals surface area contributed by atoms with E-state index in [1.807, 2.05) is 19.9 Å². The van der Waals surface area contributed by atoms with Gasteiger partial charge in [-0.15, -0.1) is 0 Å². The summed E-state index contributed by atoms with van der Waals surface area (Å²) in [6, 6.07) is 0. The van der Waals surface area contributed by atoms with Crippen molar-refractivity contribution in [2.45, 2.75) is 64.8 Å². The fourth-order valence-electron chi connectivity index (χ4n) is 2.94. The van der Waals surface area contributed by atoms with Crippen molar-refractivity contribution in [3.8, 4) is 0 Å². The summed E-state index contributed by atoms with van der Waals surface area (Å²) < 4.78 is 11.6. The molecule has 1 saturated heterocycles. The van der Waals surface area contributed by atoms with E-state index in [1.165, 1.54) is 18.4 Å². The smallest absolute Gasteiger partial charge is 0.162 e. The highest BCUT2D eigenvalue weighted by Crippen LogP contribution is 2.42. The van der Waals surface area contributed by atoms with E-state index in [9.17, 15) is 5.11 Å². The van der Waals surface area contributed by atoms with E-state index in [2.05, 4.69) is 19.1 Å². The summed E-state index contributed by atoms with van der Waals surface area (Å²) in [6.07, 6.45) is 11.2. The molecule has 0 bridgehead atoms. The molecule has 1 fully saturated rings. The van der Waals surface area contributed by atoms with Crippen LogP contribution in [0.3, 0.4) is 0 Å². The van der Waals surface area contributed by atoms with Crippen molar-refractivity contribution < 1.29 is 14.6 Å². The van der Waals surface area contributed by atoms with Crippen LogP contribution in [0.2, 0.25) is 0 Å². The predicted octanol–water partition coefficient (Wildman–Crippen LogP) is 3.58. The molecule has 0 saturated carbocycles. The summed E-state index contributed by atoms with van der Waals surface area (Å²) in [5.74, 6) is -0.492. The molecule has 0 radical (unpaired) electrons. The lowest BCUT2D eigenvalue weighted by atomic mass is 9.73. The van der Waals surface area contributed by atoms with Crippen LogP contribution in [0, 0.1) is 5.41 Å². The van der Waals surface area contributed by atoms with Gasteiger partial charge in [0.1, 0.15) is 0 Å². The number of hydrogen-bond donors (Lipinski definition) is 1. The van der Waals surface area contributed by atoms with Gasteiger partial charge in [0.05, 0.1) is 19.3 Å². The Hall–Kier alpha value is -0.640. The van der Waals surface area contributed by atoms with Gasteiger partial charge in [-0.05, 0) is 38.7 Å². The second-order valence-electron chi connectivity index (χ2n) is 6.71. The van der Waals surface area contributed by atoms with Crippen LogP contribution >= 0.6 is 0 Å². The third kappa shape index (κ3) is 4.18. The van der Waals surface area contributed by atoms with Crippen LogP contribution in [0.5, 0.6) is 0 Å². The van der Waals surface area contributed by atoms with Crippen molar-refractivity contribution in [3.63, 3.8) is 0 Å². The molecular formula is C17H28O3. The number of ether oxygens (including phenoxy) is 2. The van der Waals surface area contributed by atoms with Crippen molar-refractivity contribution in [1.82, 2.24) is 0 Å². The number of unbranched alkanes of at least 4 members (excludes halogenated alkanes) is 2. The number of aliphatic hydroxyl groups excluding tert-OH is 1. The first-order valence-electron chi connectivity index (χ1n) is 7.78. The van der Waals surface area contributed by atoms with E-state index in [0.29, 0.717) is 13.2 Å². The fraction of sp³-hybridized carbons (Fsp3) is 0.765. The van der Waals surface area contributed by atoms with Gasteiger partial charge in [0.25, 0.3) is 0 Å². The van der Waals surface area contributed by atoms with Gasteiger partial charge in [-0.3, -0.25) is 0 Å². The monoisotopic (exact) mass is 280 g/mol. The van der Waals surface area contributed by atoms with Gasteiger partial charge in [-0.25, -0.2) is 0 Å². The number of aliphatic hydroxyl groups is 1. The Kier molecular flexibility index (Phi) is 5.05. The Morgan fingerprint density at radius 3 is 2.70 bits per heavy atom. The van der Waals surface area contributed by atoms with Crippen molar-refractivity contribution in [2.75, 3.05) is 13.2 Å². The largest absolute Gasteiger partial charge is 0.389 e. The topological polar surface area (TPSA) is 38.7 Å². The van der Waals surface area contributed by atoms with Crippen LogP contribution < -0.4 is 0 Å². The van der Waals surface area contributed by atoms with Gasteiger partial charge in [-0.2, -0.15) is 0 Å². The Balaban J connectivity index is 1.98. The van der Waals surface area contributed by atoms with Crippen LogP contribution in [0.15, 0.2) is 23.8 Å². The van der Waals surface area contributed by atoms with Crippen molar-refractivity contribution in [1.29, 1.82) is 0 Å². The van der Waals surface area contributed by atoms with Gasteiger partial charge >= 0.3 is 0 Å². The van der Waals surface area contributed by atoms with E-state index in [1.54, 1.807) is 0 Å². The van der Waals surface area contributed by atoms with E-state index in [-0.39, 0.29) is 11.5 Å². The molecule has 1 N–H and O–H groups in total. The number of allylic oxidation sites excluding steroid dienone is 3. The van der Waals surface area contributed by atoms with E-state index in [0.717, 1.165) is 19.3 Å². The molecular weight excluding hydrogens is 252 g/mol. The van der Waals surface area contributed by atoms with Crippen molar-refractivity contribution >= 4 is 0 Å². The highest BCUT2D eigenvalue weighted by molar-refractivity contribution is 5.25. The maximum atomic E-state index is 10.1. The average molecular weight is 280 g/mol. The van der Waals surface area contributed by atoms with Crippen LogP contribution in [0.1, 0.15) is 52.9 Å². The quantitative estimate of drug-likeness (QED) is 0.800.